The third-order valence-corrected chi connectivity index (χ3v) is 5.71. The molecule has 0 spiro atoms. The molecule has 30 heavy (non-hydrogen) atoms. The number of halogens is 3. The van der Waals surface area contributed by atoms with Crippen molar-refractivity contribution in [3.8, 4) is 0 Å². The van der Waals surface area contributed by atoms with E-state index in [1.807, 2.05) is 31.2 Å². The van der Waals surface area contributed by atoms with Crippen LogP contribution in [-0.4, -0.2) is 33.6 Å². The minimum Gasteiger partial charge on any atom is -0.372 e. The van der Waals surface area contributed by atoms with Crippen LogP contribution in [0.1, 0.15) is 51.0 Å². The summed E-state index contributed by atoms with van der Waals surface area (Å²) in [5, 5.41) is 6.68. The fourth-order valence-corrected chi connectivity index (χ4v) is 4.29. The molecule has 0 bridgehead atoms. The summed E-state index contributed by atoms with van der Waals surface area (Å²) in [7, 11) is 0. The highest BCUT2D eigenvalue weighted by atomic mass is 19.4. The maximum Gasteiger partial charge on any atom is 0.453 e. The van der Waals surface area contributed by atoms with Crippen molar-refractivity contribution in [1.29, 1.82) is 0 Å². The predicted octanol–water partition coefficient (Wildman–Crippen LogP) is 4.41. The van der Waals surface area contributed by atoms with Gasteiger partial charge in [-0.15, -0.1) is 5.10 Å². The zero-order chi connectivity index (χ0) is 21.6. The fraction of sp³-hybridized carbons (Fsp3) is 0.476. The molecular formula is C21H24F3N5O. The van der Waals surface area contributed by atoms with Gasteiger partial charge in [-0.25, -0.2) is 4.68 Å². The maximum absolute atomic E-state index is 13.3. The number of aromatic nitrogens is 3. The molecule has 2 atom stereocenters. The number of ketones is 1. The Kier molecular flexibility index (Phi) is 5.07. The Morgan fingerprint density at radius 3 is 2.43 bits per heavy atom. The number of alkyl halides is 3. The summed E-state index contributed by atoms with van der Waals surface area (Å²) in [5.74, 6) is -1.15. The predicted molar refractivity (Wildman–Crippen MR) is 107 cm³/mol. The van der Waals surface area contributed by atoms with Crippen LogP contribution in [0.5, 0.6) is 0 Å². The number of allylic oxidation sites excluding steroid dienone is 2. The van der Waals surface area contributed by atoms with Gasteiger partial charge in [0.1, 0.15) is 6.04 Å². The van der Waals surface area contributed by atoms with Gasteiger partial charge >= 0.3 is 6.18 Å². The molecule has 4 rings (SSSR count). The molecular weight excluding hydrogens is 395 g/mol. The second kappa shape index (κ2) is 7.45. The summed E-state index contributed by atoms with van der Waals surface area (Å²) in [4.78, 5) is 18.8. The second-order valence-corrected chi connectivity index (χ2v) is 7.82. The van der Waals surface area contributed by atoms with Gasteiger partial charge < -0.3 is 10.2 Å². The number of carbonyl (C=O) groups is 1. The SMILES string of the molecule is CCN(CC)c1ccc(C2C3=C(CC(C)CC3=O)Nc3nc(C(F)(F)F)nn32)cc1. The summed E-state index contributed by atoms with van der Waals surface area (Å²) in [6.07, 6.45) is -3.71. The monoisotopic (exact) mass is 419 g/mol. The molecule has 2 aliphatic rings. The molecule has 0 amide bonds. The van der Waals surface area contributed by atoms with Gasteiger partial charge in [0.05, 0.1) is 0 Å². The van der Waals surface area contributed by atoms with Crippen LogP contribution in [0.15, 0.2) is 35.5 Å². The number of hydrogen-bond donors (Lipinski definition) is 1. The summed E-state index contributed by atoms with van der Waals surface area (Å²) in [5.41, 5.74) is 2.85. The standard InChI is InChI=1S/C21H24F3N5O/c1-4-28(5-2)14-8-6-13(7-9-14)18-17-15(10-12(3)11-16(17)30)25-20-26-19(21(22,23)24)27-29(18)20/h6-9,12,18H,4-5,10-11H2,1-3H3,(H,25,26,27). The highest BCUT2D eigenvalue weighted by molar-refractivity contribution is 5.99. The molecule has 1 N–H and O–H groups in total. The molecule has 1 aliphatic carbocycles. The smallest absolute Gasteiger partial charge is 0.372 e. The van der Waals surface area contributed by atoms with E-state index in [4.69, 9.17) is 0 Å². The number of nitrogens with zero attached hydrogens (tertiary/aromatic N) is 4. The lowest BCUT2D eigenvalue weighted by Crippen LogP contribution is -2.33. The zero-order valence-corrected chi connectivity index (χ0v) is 17.1. The van der Waals surface area contributed by atoms with Gasteiger partial charge in [-0.1, -0.05) is 19.1 Å². The van der Waals surface area contributed by atoms with E-state index in [-0.39, 0.29) is 17.6 Å². The molecule has 2 heterocycles. The topological polar surface area (TPSA) is 63.1 Å². The van der Waals surface area contributed by atoms with Crippen molar-refractivity contribution in [2.45, 2.75) is 45.8 Å². The number of fused-ring (bicyclic) bond motifs is 1. The first-order valence-electron chi connectivity index (χ1n) is 10.1. The number of hydrogen-bond acceptors (Lipinski definition) is 5. The van der Waals surface area contributed by atoms with Crippen molar-refractivity contribution < 1.29 is 18.0 Å². The zero-order valence-electron chi connectivity index (χ0n) is 17.1. The normalized spacial score (nSPS) is 21.2. The van der Waals surface area contributed by atoms with Crippen LogP contribution in [-0.2, 0) is 11.0 Å². The Morgan fingerprint density at radius 1 is 1.17 bits per heavy atom. The number of nitrogens with one attached hydrogen (secondary N) is 1. The number of carbonyl (C=O) groups excluding carboxylic acids is 1. The van der Waals surface area contributed by atoms with Crippen molar-refractivity contribution in [3.05, 3.63) is 46.9 Å². The van der Waals surface area contributed by atoms with Gasteiger partial charge in [0.2, 0.25) is 5.95 Å². The van der Waals surface area contributed by atoms with Crippen LogP contribution in [0.2, 0.25) is 0 Å². The summed E-state index contributed by atoms with van der Waals surface area (Å²) in [6, 6.07) is 6.85. The molecule has 0 saturated heterocycles. The van der Waals surface area contributed by atoms with E-state index in [1.54, 1.807) is 0 Å². The molecule has 1 aliphatic heterocycles. The van der Waals surface area contributed by atoms with E-state index in [1.165, 1.54) is 4.68 Å². The van der Waals surface area contributed by atoms with E-state index in [0.717, 1.165) is 18.8 Å². The molecule has 1 aromatic carbocycles. The van der Waals surface area contributed by atoms with Crippen LogP contribution in [0, 0.1) is 5.92 Å². The number of benzene rings is 1. The van der Waals surface area contributed by atoms with Gasteiger partial charge in [-0.2, -0.15) is 18.2 Å². The van der Waals surface area contributed by atoms with E-state index in [2.05, 4.69) is 34.1 Å². The van der Waals surface area contributed by atoms with Crippen molar-refractivity contribution in [1.82, 2.24) is 14.8 Å². The number of anilines is 2. The summed E-state index contributed by atoms with van der Waals surface area (Å²) >= 11 is 0. The lowest BCUT2D eigenvalue weighted by atomic mass is 9.81. The highest BCUT2D eigenvalue weighted by Crippen LogP contribution is 2.42. The van der Waals surface area contributed by atoms with Crippen molar-refractivity contribution in [2.75, 3.05) is 23.3 Å². The lowest BCUT2D eigenvalue weighted by Gasteiger charge is -2.34. The largest absolute Gasteiger partial charge is 0.453 e. The first-order valence-corrected chi connectivity index (χ1v) is 10.1. The molecule has 0 radical (unpaired) electrons. The molecule has 6 nitrogen and oxygen atoms in total. The average Bonchev–Trinajstić information content (AvgIpc) is 3.12. The molecule has 160 valence electrons. The molecule has 0 fully saturated rings. The maximum atomic E-state index is 13.3. The Morgan fingerprint density at radius 2 is 1.83 bits per heavy atom. The van der Waals surface area contributed by atoms with Gasteiger partial charge in [-0.3, -0.25) is 4.79 Å². The Bertz CT molecular complexity index is 989. The van der Waals surface area contributed by atoms with E-state index in [9.17, 15) is 18.0 Å². The minimum absolute atomic E-state index is 0.0146. The highest BCUT2D eigenvalue weighted by Gasteiger charge is 2.42. The Labute approximate surface area is 172 Å². The third kappa shape index (κ3) is 3.46. The van der Waals surface area contributed by atoms with E-state index in [0.29, 0.717) is 29.7 Å². The number of rotatable bonds is 4. The van der Waals surface area contributed by atoms with Crippen molar-refractivity contribution in [2.24, 2.45) is 5.92 Å². The first kappa shape index (κ1) is 20.4. The molecule has 2 aromatic rings. The van der Waals surface area contributed by atoms with E-state index >= 15 is 0 Å². The average molecular weight is 419 g/mol. The van der Waals surface area contributed by atoms with Crippen molar-refractivity contribution in [3.63, 3.8) is 0 Å². The molecule has 9 heteroatoms. The quantitative estimate of drug-likeness (QED) is 0.795. The van der Waals surface area contributed by atoms with E-state index < -0.39 is 18.0 Å². The van der Waals surface area contributed by atoms with Gasteiger partial charge in [0.15, 0.2) is 5.78 Å². The summed E-state index contributed by atoms with van der Waals surface area (Å²) < 4.78 is 41.0. The van der Waals surface area contributed by atoms with Gasteiger partial charge in [-0.05, 0) is 43.9 Å². The molecule has 2 unspecified atom stereocenters. The van der Waals surface area contributed by atoms with Crippen LogP contribution < -0.4 is 10.2 Å². The van der Waals surface area contributed by atoms with Crippen molar-refractivity contribution >= 4 is 17.4 Å². The van der Waals surface area contributed by atoms with Crippen LogP contribution in [0.4, 0.5) is 24.8 Å². The Balaban J connectivity index is 1.83. The van der Waals surface area contributed by atoms with Crippen LogP contribution >= 0.6 is 0 Å². The first-order chi connectivity index (χ1) is 14.2. The van der Waals surface area contributed by atoms with Crippen LogP contribution in [0.25, 0.3) is 0 Å². The second-order valence-electron chi connectivity index (χ2n) is 7.82. The lowest BCUT2D eigenvalue weighted by molar-refractivity contribution is -0.145. The Hall–Kier alpha value is -2.84. The summed E-state index contributed by atoms with van der Waals surface area (Å²) in [6.45, 7) is 7.76. The minimum atomic E-state index is -4.67. The molecule has 0 saturated carbocycles. The fourth-order valence-electron chi connectivity index (χ4n) is 4.29. The van der Waals surface area contributed by atoms with Gasteiger partial charge in [0.25, 0.3) is 5.82 Å². The molecule has 1 aromatic heterocycles. The van der Waals surface area contributed by atoms with Gasteiger partial charge in [0, 0.05) is 36.5 Å². The van der Waals surface area contributed by atoms with Crippen LogP contribution in [0.3, 0.4) is 0 Å². The number of Topliss-reactive ketones (excluding diaryl/α,β-unsaturated/α-hetero) is 1. The third-order valence-electron chi connectivity index (χ3n) is 5.71.